The van der Waals surface area contributed by atoms with Crippen LogP contribution in [0.2, 0.25) is 0 Å². The minimum absolute atomic E-state index is 0.0238. The molecule has 0 aliphatic rings. The van der Waals surface area contributed by atoms with E-state index in [2.05, 4.69) is 6.92 Å². The zero-order valence-electron chi connectivity index (χ0n) is 12.9. The first-order chi connectivity index (χ1) is 10.1. The molecule has 4 nitrogen and oxygen atoms in total. The van der Waals surface area contributed by atoms with Gasteiger partial charge >= 0.3 is 0 Å². The zero-order valence-corrected chi connectivity index (χ0v) is 13.7. The molecule has 0 radical (unpaired) electrons. The van der Waals surface area contributed by atoms with Crippen molar-refractivity contribution < 1.29 is 13.2 Å². The number of hydrogen-bond acceptors (Lipinski definition) is 4. The van der Waals surface area contributed by atoms with Gasteiger partial charge in [-0.05, 0) is 24.1 Å². The van der Waals surface area contributed by atoms with Gasteiger partial charge in [-0.2, -0.15) is 0 Å². The monoisotopic (exact) mass is 313 g/mol. The molecule has 120 valence electrons. The summed E-state index contributed by atoms with van der Waals surface area (Å²) in [5.41, 5.74) is 6.36. The van der Waals surface area contributed by atoms with E-state index < -0.39 is 9.84 Å². The molecule has 1 aromatic carbocycles. The van der Waals surface area contributed by atoms with Gasteiger partial charge in [-0.3, -0.25) is 0 Å². The van der Waals surface area contributed by atoms with Crippen molar-refractivity contribution in [2.24, 2.45) is 5.73 Å². The lowest BCUT2D eigenvalue weighted by Gasteiger charge is -2.07. The summed E-state index contributed by atoms with van der Waals surface area (Å²) >= 11 is 0. The molecule has 0 saturated carbocycles. The molecular weight excluding hydrogens is 286 g/mol. The van der Waals surface area contributed by atoms with Crippen molar-refractivity contribution in [1.29, 1.82) is 0 Å². The van der Waals surface area contributed by atoms with Crippen molar-refractivity contribution in [2.45, 2.75) is 50.5 Å². The quantitative estimate of drug-likeness (QED) is 0.638. The van der Waals surface area contributed by atoms with E-state index >= 15 is 0 Å². The second-order valence-electron chi connectivity index (χ2n) is 5.20. The van der Waals surface area contributed by atoms with E-state index in [0.717, 1.165) is 18.4 Å². The highest BCUT2D eigenvalue weighted by Gasteiger charge is 2.14. The number of sulfone groups is 1. The summed E-state index contributed by atoms with van der Waals surface area (Å²) in [4.78, 5) is 0.331. The minimum atomic E-state index is -3.27. The Morgan fingerprint density at radius 1 is 1.10 bits per heavy atom. The van der Waals surface area contributed by atoms with Gasteiger partial charge in [-0.15, -0.1) is 0 Å². The van der Waals surface area contributed by atoms with Crippen LogP contribution in [0.25, 0.3) is 0 Å². The number of ether oxygens (including phenoxy) is 1. The summed E-state index contributed by atoms with van der Waals surface area (Å²) in [6, 6.07) is 6.80. The van der Waals surface area contributed by atoms with Crippen molar-refractivity contribution in [3.05, 3.63) is 29.8 Å². The molecule has 2 N–H and O–H groups in total. The highest BCUT2D eigenvalue weighted by atomic mass is 32.2. The normalized spacial score (nSPS) is 11.7. The van der Waals surface area contributed by atoms with Crippen LogP contribution in [0.3, 0.4) is 0 Å². The number of hydrogen-bond donors (Lipinski definition) is 1. The molecule has 0 aromatic heterocycles. The van der Waals surface area contributed by atoms with E-state index in [9.17, 15) is 8.42 Å². The van der Waals surface area contributed by atoms with E-state index in [4.69, 9.17) is 10.5 Å². The molecule has 5 heteroatoms. The number of rotatable bonds is 11. The molecule has 0 spiro atoms. The molecule has 0 fully saturated rings. The van der Waals surface area contributed by atoms with Crippen LogP contribution in [0.15, 0.2) is 29.2 Å². The second-order valence-corrected chi connectivity index (χ2v) is 7.31. The topological polar surface area (TPSA) is 69.4 Å². The van der Waals surface area contributed by atoms with Crippen molar-refractivity contribution in [1.82, 2.24) is 0 Å². The zero-order chi connectivity index (χ0) is 15.6. The fourth-order valence-electron chi connectivity index (χ4n) is 2.06. The van der Waals surface area contributed by atoms with Gasteiger partial charge in [0, 0.05) is 13.2 Å². The third-order valence-electron chi connectivity index (χ3n) is 3.38. The first kappa shape index (κ1) is 18.1. The molecule has 0 bridgehead atoms. The van der Waals surface area contributed by atoms with E-state index in [1.807, 2.05) is 6.07 Å². The fourth-order valence-corrected chi connectivity index (χ4v) is 3.25. The van der Waals surface area contributed by atoms with Crippen molar-refractivity contribution in [3.63, 3.8) is 0 Å². The van der Waals surface area contributed by atoms with Crippen molar-refractivity contribution in [2.75, 3.05) is 19.0 Å². The van der Waals surface area contributed by atoms with Crippen molar-refractivity contribution in [3.8, 4) is 0 Å². The van der Waals surface area contributed by atoms with Gasteiger partial charge < -0.3 is 10.5 Å². The lowest BCUT2D eigenvalue weighted by molar-refractivity contribution is 0.144. The molecule has 0 aliphatic carbocycles. The Bertz CT molecular complexity index is 500. The molecule has 0 amide bonds. The summed E-state index contributed by atoms with van der Waals surface area (Å²) < 4.78 is 29.7. The summed E-state index contributed by atoms with van der Waals surface area (Å²) in [5, 5.41) is 0. The van der Waals surface area contributed by atoms with Gasteiger partial charge in [0.1, 0.15) is 0 Å². The van der Waals surface area contributed by atoms with Crippen molar-refractivity contribution >= 4 is 9.84 Å². The number of unbranched alkanes of at least 4 members (excludes halogenated alkanes) is 4. The Morgan fingerprint density at radius 3 is 2.57 bits per heavy atom. The molecule has 0 unspecified atom stereocenters. The largest absolute Gasteiger partial charge is 0.380 e. The third-order valence-corrected chi connectivity index (χ3v) is 5.06. The standard InChI is InChI=1S/C16H27NO3S/c1-2-3-4-5-6-10-20-11-12-21(18,19)16-9-7-8-15(13-16)14-17/h7-9,13H,2-6,10-12,14,17H2,1H3. The van der Waals surface area contributed by atoms with E-state index in [-0.39, 0.29) is 12.4 Å². The molecular formula is C16H27NO3S. The Morgan fingerprint density at radius 2 is 1.86 bits per heavy atom. The van der Waals surface area contributed by atoms with Gasteiger partial charge in [-0.1, -0.05) is 44.7 Å². The maximum atomic E-state index is 12.2. The van der Waals surface area contributed by atoms with Crippen LogP contribution in [-0.4, -0.2) is 27.4 Å². The number of benzene rings is 1. The average Bonchev–Trinajstić information content (AvgIpc) is 2.50. The SMILES string of the molecule is CCCCCCCOCCS(=O)(=O)c1cccc(CN)c1. The second kappa shape index (κ2) is 9.92. The van der Waals surface area contributed by atoms with Gasteiger partial charge in [0.25, 0.3) is 0 Å². The predicted octanol–water partition coefficient (Wildman–Crippen LogP) is 2.91. The highest BCUT2D eigenvalue weighted by molar-refractivity contribution is 7.91. The van der Waals surface area contributed by atoms with E-state index in [1.54, 1.807) is 18.2 Å². The first-order valence-corrected chi connectivity index (χ1v) is 9.35. The average molecular weight is 313 g/mol. The molecule has 0 aliphatic heterocycles. The maximum absolute atomic E-state index is 12.2. The van der Waals surface area contributed by atoms with Crippen LogP contribution in [-0.2, 0) is 21.1 Å². The van der Waals surface area contributed by atoms with Gasteiger partial charge in [0.2, 0.25) is 0 Å². The molecule has 1 aromatic rings. The molecule has 21 heavy (non-hydrogen) atoms. The summed E-state index contributed by atoms with van der Waals surface area (Å²) in [5.74, 6) is 0.0238. The maximum Gasteiger partial charge on any atom is 0.180 e. The fraction of sp³-hybridized carbons (Fsp3) is 0.625. The van der Waals surface area contributed by atoms with Crippen LogP contribution in [0.5, 0.6) is 0 Å². The summed E-state index contributed by atoms with van der Waals surface area (Å²) in [6.45, 7) is 3.42. The lowest BCUT2D eigenvalue weighted by Crippen LogP contribution is -2.13. The van der Waals surface area contributed by atoms with Gasteiger partial charge in [-0.25, -0.2) is 8.42 Å². The molecule has 0 atom stereocenters. The molecule has 0 saturated heterocycles. The Kier molecular flexibility index (Phi) is 8.57. The minimum Gasteiger partial charge on any atom is -0.380 e. The molecule has 0 heterocycles. The van der Waals surface area contributed by atoms with Crippen LogP contribution in [0.4, 0.5) is 0 Å². The predicted molar refractivity (Wildman–Crippen MR) is 86.0 cm³/mol. The summed E-state index contributed by atoms with van der Waals surface area (Å²) in [6.07, 6.45) is 5.86. The third kappa shape index (κ3) is 7.07. The Labute approximate surface area is 128 Å². The van der Waals surface area contributed by atoms with Crippen LogP contribution in [0, 0.1) is 0 Å². The number of nitrogens with two attached hydrogens (primary N) is 1. The van der Waals surface area contributed by atoms with Gasteiger partial charge in [0.15, 0.2) is 9.84 Å². The van der Waals surface area contributed by atoms with E-state index in [0.29, 0.717) is 18.0 Å². The highest BCUT2D eigenvalue weighted by Crippen LogP contribution is 2.13. The smallest absolute Gasteiger partial charge is 0.180 e. The lowest BCUT2D eigenvalue weighted by atomic mass is 10.2. The first-order valence-electron chi connectivity index (χ1n) is 7.69. The van der Waals surface area contributed by atoms with Crippen LogP contribution in [0.1, 0.15) is 44.6 Å². The summed E-state index contributed by atoms with van der Waals surface area (Å²) in [7, 11) is -3.27. The molecule has 1 rings (SSSR count). The van der Waals surface area contributed by atoms with Gasteiger partial charge in [0.05, 0.1) is 17.3 Å². The van der Waals surface area contributed by atoms with Crippen LogP contribution >= 0.6 is 0 Å². The van der Waals surface area contributed by atoms with E-state index in [1.165, 1.54) is 19.3 Å². The Balaban J connectivity index is 2.30. The van der Waals surface area contributed by atoms with Crippen LogP contribution < -0.4 is 5.73 Å². The Hall–Kier alpha value is -0.910.